The molecule has 0 radical (unpaired) electrons. The molecule has 4 nitrogen and oxygen atoms in total. The highest BCUT2D eigenvalue weighted by Gasteiger charge is 2.22. The van der Waals surface area contributed by atoms with Crippen LogP contribution in [0, 0.1) is 5.92 Å². The van der Waals surface area contributed by atoms with Crippen LogP contribution in [0.15, 0.2) is 11.6 Å². The van der Waals surface area contributed by atoms with E-state index in [4.69, 9.17) is 9.47 Å². The van der Waals surface area contributed by atoms with Crippen LogP contribution in [0.5, 0.6) is 0 Å². The van der Waals surface area contributed by atoms with Crippen molar-refractivity contribution in [2.24, 2.45) is 5.92 Å². The van der Waals surface area contributed by atoms with Gasteiger partial charge in [0.1, 0.15) is 6.61 Å². The molecule has 0 aliphatic carbocycles. The predicted molar refractivity (Wildman–Crippen MR) is 49.4 cm³/mol. The summed E-state index contributed by atoms with van der Waals surface area (Å²) < 4.78 is 9.99. The highest BCUT2D eigenvalue weighted by Crippen LogP contribution is 2.12. The molecule has 78 valence electrons. The monoisotopic (exact) mass is 198 g/mol. The van der Waals surface area contributed by atoms with Gasteiger partial charge in [0, 0.05) is 0 Å². The lowest BCUT2D eigenvalue weighted by atomic mass is 10.1. The van der Waals surface area contributed by atoms with Crippen molar-refractivity contribution in [2.45, 2.75) is 27.1 Å². The minimum atomic E-state index is -0.706. The summed E-state index contributed by atoms with van der Waals surface area (Å²) in [5.74, 6) is -0.583. The number of Topliss-reactive ketones (excluding diaryl/α,β-unsaturated/α-hetero) is 1. The van der Waals surface area contributed by atoms with E-state index in [1.807, 2.05) is 0 Å². The zero-order chi connectivity index (χ0) is 10.7. The molecule has 0 bridgehead atoms. The highest BCUT2D eigenvalue weighted by atomic mass is 16.7. The minimum absolute atomic E-state index is 0.0155. The van der Waals surface area contributed by atoms with E-state index in [-0.39, 0.29) is 24.3 Å². The van der Waals surface area contributed by atoms with E-state index in [0.29, 0.717) is 5.57 Å². The Balaban J connectivity index is 2.56. The Morgan fingerprint density at radius 1 is 1.64 bits per heavy atom. The third-order valence-electron chi connectivity index (χ3n) is 1.91. The fraction of sp³-hybridized carbons (Fsp3) is 0.600. The second kappa shape index (κ2) is 4.37. The third kappa shape index (κ3) is 2.67. The van der Waals surface area contributed by atoms with Crippen molar-refractivity contribution < 1.29 is 19.1 Å². The summed E-state index contributed by atoms with van der Waals surface area (Å²) in [6.45, 7) is 5.15. The van der Waals surface area contributed by atoms with Crippen molar-refractivity contribution in [3.8, 4) is 0 Å². The largest absolute Gasteiger partial charge is 0.432 e. The van der Waals surface area contributed by atoms with Gasteiger partial charge in [-0.3, -0.25) is 9.59 Å². The molecule has 0 amide bonds. The predicted octanol–water partition coefficient (Wildman–Crippen LogP) is 1.06. The second-order valence-electron chi connectivity index (χ2n) is 3.54. The quantitative estimate of drug-likeness (QED) is 0.622. The molecule has 14 heavy (non-hydrogen) atoms. The average Bonchev–Trinajstić information content (AvgIpc) is 2.11. The SMILES string of the molecule is CC1=C[C@@H](OC(=O)C(C)C)OCC1=O. The molecule has 1 atom stereocenters. The van der Waals surface area contributed by atoms with Gasteiger partial charge >= 0.3 is 5.97 Å². The van der Waals surface area contributed by atoms with Gasteiger partial charge in [-0.05, 0) is 18.6 Å². The van der Waals surface area contributed by atoms with E-state index in [1.165, 1.54) is 6.08 Å². The van der Waals surface area contributed by atoms with E-state index in [0.717, 1.165) is 0 Å². The smallest absolute Gasteiger partial charge is 0.310 e. The van der Waals surface area contributed by atoms with Gasteiger partial charge in [0.05, 0.1) is 5.92 Å². The van der Waals surface area contributed by atoms with Crippen molar-refractivity contribution in [1.82, 2.24) is 0 Å². The molecular weight excluding hydrogens is 184 g/mol. The first-order valence-electron chi connectivity index (χ1n) is 4.54. The van der Waals surface area contributed by atoms with E-state index in [1.54, 1.807) is 20.8 Å². The van der Waals surface area contributed by atoms with Gasteiger partial charge in [0.2, 0.25) is 6.29 Å². The number of rotatable bonds is 2. The zero-order valence-corrected chi connectivity index (χ0v) is 8.57. The van der Waals surface area contributed by atoms with Crippen LogP contribution in [-0.4, -0.2) is 24.6 Å². The maximum Gasteiger partial charge on any atom is 0.310 e. The molecule has 0 aromatic rings. The van der Waals surface area contributed by atoms with Gasteiger partial charge < -0.3 is 9.47 Å². The Morgan fingerprint density at radius 2 is 2.29 bits per heavy atom. The lowest BCUT2D eigenvalue weighted by molar-refractivity contribution is -0.175. The number of hydrogen-bond acceptors (Lipinski definition) is 4. The first-order chi connectivity index (χ1) is 6.50. The van der Waals surface area contributed by atoms with Crippen LogP contribution in [0.4, 0.5) is 0 Å². The summed E-state index contributed by atoms with van der Waals surface area (Å²) in [6, 6.07) is 0. The van der Waals surface area contributed by atoms with Crippen molar-refractivity contribution in [3.05, 3.63) is 11.6 Å². The fourth-order valence-corrected chi connectivity index (χ4v) is 0.935. The number of carbonyl (C=O) groups excluding carboxylic acids is 2. The van der Waals surface area contributed by atoms with Gasteiger partial charge in [-0.15, -0.1) is 0 Å². The topological polar surface area (TPSA) is 52.6 Å². The summed E-state index contributed by atoms with van der Waals surface area (Å²) in [4.78, 5) is 22.2. The summed E-state index contributed by atoms with van der Waals surface area (Å²) >= 11 is 0. The fourth-order valence-electron chi connectivity index (χ4n) is 0.935. The first kappa shape index (κ1) is 10.9. The molecule has 0 aromatic carbocycles. The van der Waals surface area contributed by atoms with E-state index in [2.05, 4.69) is 0 Å². The summed E-state index contributed by atoms with van der Waals surface area (Å²) in [5.41, 5.74) is 0.581. The zero-order valence-electron chi connectivity index (χ0n) is 8.57. The molecule has 0 aromatic heterocycles. The maximum absolute atomic E-state index is 11.2. The van der Waals surface area contributed by atoms with Gasteiger partial charge in [-0.2, -0.15) is 0 Å². The van der Waals surface area contributed by atoms with Gasteiger partial charge in [0.15, 0.2) is 5.78 Å². The molecule has 1 aliphatic heterocycles. The number of hydrogen-bond donors (Lipinski definition) is 0. The summed E-state index contributed by atoms with van der Waals surface area (Å²) in [5, 5.41) is 0. The lowest BCUT2D eigenvalue weighted by Gasteiger charge is -2.20. The van der Waals surface area contributed by atoms with Crippen LogP contribution in [0.3, 0.4) is 0 Å². The molecule has 0 saturated heterocycles. The average molecular weight is 198 g/mol. The Morgan fingerprint density at radius 3 is 2.79 bits per heavy atom. The van der Waals surface area contributed by atoms with E-state index >= 15 is 0 Å². The molecule has 4 heteroatoms. The highest BCUT2D eigenvalue weighted by molar-refractivity contribution is 5.96. The molecule has 1 rings (SSSR count). The standard InChI is InChI=1S/C10H14O4/c1-6(2)10(12)14-9-4-7(3)8(11)5-13-9/h4,6,9H,5H2,1-3H3/t9-/m1/s1. The molecule has 1 aliphatic rings. The lowest BCUT2D eigenvalue weighted by Crippen LogP contribution is -2.29. The van der Waals surface area contributed by atoms with Crippen LogP contribution in [-0.2, 0) is 19.1 Å². The molecule has 0 spiro atoms. The first-order valence-corrected chi connectivity index (χ1v) is 4.54. The Hall–Kier alpha value is -1.16. The number of esters is 1. The van der Waals surface area contributed by atoms with Crippen molar-refractivity contribution in [2.75, 3.05) is 6.61 Å². The van der Waals surface area contributed by atoms with E-state index in [9.17, 15) is 9.59 Å². The number of ether oxygens (including phenoxy) is 2. The normalized spacial score (nSPS) is 22.1. The van der Waals surface area contributed by atoms with Gasteiger partial charge in [-0.1, -0.05) is 13.8 Å². The van der Waals surface area contributed by atoms with Crippen molar-refractivity contribution in [1.29, 1.82) is 0 Å². The third-order valence-corrected chi connectivity index (χ3v) is 1.91. The molecular formula is C10H14O4. The Bertz CT molecular complexity index is 278. The Kier molecular flexibility index (Phi) is 3.41. The number of ketones is 1. The summed E-state index contributed by atoms with van der Waals surface area (Å²) in [6.07, 6.45) is 0.814. The second-order valence-corrected chi connectivity index (χ2v) is 3.54. The molecule has 0 saturated carbocycles. The molecule has 0 fully saturated rings. The molecule has 0 N–H and O–H groups in total. The van der Waals surface area contributed by atoms with Gasteiger partial charge in [-0.25, -0.2) is 0 Å². The maximum atomic E-state index is 11.2. The van der Waals surface area contributed by atoms with Crippen LogP contribution in [0.25, 0.3) is 0 Å². The van der Waals surface area contributed by atoms with E-state index < -0.39 is 6.29 Å². The van der Waals surface area contributed by atoms with Crippen LogP contribution in [0.2, 0.25) is 0 Å². The summed E-state index contributed by atoms with van der Waals surface area (Å²) in [7, 11) is 0. The van der Waals surface area contributed by atoms with Crippen LogP contribution >= 0.6 is 0 Å². The molecule has 1 heterocycles. The van der Waals surface area contributed by atoms with Crippen LogP contribution in [0.1, 0.15) is 20.8 Å². The number of carbonyl (C=O) groups is 2. The Labute approximate surface area is 82.9 Å². The minimum Gasteiger partial charge on any atom is -0.432 e. The molecule has 0 unspecified atom stereocenters. The van der Waals surface area contributed by atoms with Gasteiger partial charge in [0.25, 0.3) is 0 Å². The van der Waals surface area contributed by atoms with Crippen molar-refractivity contribution >= 4 is 11.8 Å². The van der Waals surface area contributed by atoms with Crippen LogP contribution < -0.4 is 0 Å². The van der Waals surface area contributed by atoms with Crippen molar-refractivity contribution in [3.63, 3.8) is 0 Å².